The Labute approximate surface area is 122 Å². The molecular weight excluding hydrogens is 264 g/mol. The number of hydrogen-bond donors (Lipinski definition) is 3. The van der Waals surface area contributed by atoms with E-state index in [4.69, 9.17) is 5.73 Å². The molecule has 0 fully saturated rings. The number of nitrogens with two attached hydrogens (primary N) is 1. The first-order chi connectivity index (χ1) is 10.2. The first-order valence-electron chi connectivity index (χ1n) is 6.46. The van der Waals surface area contributed by atoms with Crippen LogP contribution in [-0.4, -0.2) is 15.1 Å². The van der Waals surface area contributed by atoms with E-state index in [2.05, 4.69) is 15.3 Å². The normalized spacial score (nSPS) is 10.3. The predicted octanol–water partition coefficient (Wildman–Crippen LogP) is 3.18. The van der Waals surface area contributed by atoms with Gasteiger partial charge in [0.05, 0.1) is 5.69 Å². The minimum absolute atomic E-state index is 0.186. The van der Waals surface area contributed by atoms with Crippen molar-refractivity contribution in [3.05, 3.63) is 60.8 Å². The van der Waals surface area contributed by atoms with E-state index in [1.54, 1.807) is 30.5 Å². The van der Waals surface area contributed by atoms with Crippen LogP contribution >= 0.6 is 0 Å². The first-order valence-corrected chi connectivity index (χ1v) is 6.46. The van der Waals surface area contributed by atoms with E-state index in [0.717, 1.165) is 5.69 Å². The number of hydrogen-bond acceptors (Lipinski definition) is 5. The van der Waals surface area contributed by atoms with Crippen LogP contribution in [0.3, 0.4) is 0 Å². The topological polar surface area (TPSA) is 84.1 Å². The smallest absolute Gasteiger partial charge is 0.227 e. The first kappa shape index (κ1) is 12.9. The molecule has 0 radical (unpaired) electrons. The van der Waals surface area contributed by atoms with Crippen molar-refractivity contribution in [3.8, 4) is 17.0 Å². The lowest BCUT2D eigenvalue weighted by Gasteiger charge is -2.08. The molecule has 0 saturated carbocycles. The van der Waals surface area contributed by atoms with Gasteiger partial charge in [-0.1, -0.05) is 18.2 Å². The zero-order valence-electron chi connectivity index (χ0n) is 11.2. The SMILES string of the molecule is Nc1cccc(Nc2nccc(-c3ccccc3O)n2)c1. The van der Waals surface area contributed by atoms with Crippen LogP contribution in [0.5, 0.6) is 5.75 Å². The zero-order valence-corrected chi connectivity index (χ0v) is 11.2. The lowest BCUT2D eigenvalue weighted by Crippen LogP contribution is -1.98. The van der Waals surface area contributed by atoms with E-state index < -0.39 is 0 Å². The largest absolute Gasteiger partial charge is 0.507 e. The molecule has 3 rings (SSSR count). The van der Waals surface area contributed by atoms with Crippen LogP contribution in [0, 0.1) is 0 Å². The number of phenolic OH excluding ortho intramolecular Hbond substituents is 1. The van der Waals surface area contributed by atoms with Crippen molar-refractivity contribution in [3.63, 3.8) is 0 Å². The van der Waals surface area contributed by atoms with Crippen LogP contribution < -0.4 is 11.1 Å². The number of nitrogens with one attached hydrogen (secondary N) is 1. The Hall–Kier alpha value is -3.08. The highest BCUT2D eigenvalue weighted by atomic mass is 16.3. The number of benzene rings is 2. The highest BCUT2D eigenvalue weighted by Crippen LogP contribution is 2.27. The zero-order chi connectivity index (χ0) is 14.7. The summed E-state index contributed by atoms with van der Waals surface area (Å²) in [5.41, 5.74) is 8.52. The molecule has 0 unspecified atom stereocenters. The van der Waals surface area contributed by atoms with Gasteiger partial charge in [-0.05, 0) is 36.4 Å². The van der Waals surface area contributed by atoms with Crippen molar-refractivity contribution >= 4 is 17.3 Å². The number of para-hydroxylation sites is 1. The maximum Gasteiger partial charge on any atom is 0.227 e. The minimum Gasteiger partial charge on any atom is -0.507 e. The van der Waals surface area contributed by atoms with Crippen LogP contribution in [0.4, 0.5) is 17.3 Å². The number of nitrogen functional groups attached to an aromatic ring is 1. The molecule has 0 spiro atoms. The number of rotatable bonds is 3. The van der Waals surface area contributed by atoms with E-state index in [-0.39, 0.29) is 5.75 Å². The number of nitrogens with zero attached hydrogens (tertiary/aromatic N) is 2. The van der Waals surface area contributed by atoms with Gasteiger partial charge in [0.25, 0.3) is 0 Å². The summed E-state index contributed by atoms with van der Waals surface area (Å²) in [6, 6.07) is 16.1. The molecule has 0 bridgehead atoms. The van der Waals surface area contributed by atoms with Crippen molar-refractivity contribution in [1.29, 1.82) is 0 Å². The van der Waals surface area contributed by atoms with Gasteiger partial charge in [0.1, 0.15) is 5.75 Å². The van der Waals surface area contributed by atoms with E-state index in [1.807, 2.05) is 30.3 Å². The Morgan fingerprint density at radius 3 is 2.67 bits per heavy atom. The average molecular weight is 278 g/mol. The van der Waals surface area contributed by atoms with Gasteiger partial charge in [-0.3, -0.25) is 0 Å². The quantitative estimate of drug-likeness (QED) is 0.641. The van der Waals surface area contributed by atoms with Gasteiger partial charge in [0, 0.05) is 23.1 Å². The van der Waals surface area contributed by atoms with Crippen LogP contribution in [0.25, 0.3) is 11.3 Å². The summed E-state index contributed by atoms with van der Waals surface area (Å²) < 4.78 is 0. The molecule has 1 aromatic heterocycles. The van der Waals surface area contributed by atoms with Crippen LogP contribution in [0.15, 0.2) is 60.8 Å². The fourth-order valence-electron chi connectivity index (χ4n) is 2.00. The van der Waals surface area contributed by atoms with Crippen LogP contribution in [0.2, 0.25) is 0 Å². The fraction of sp³-hybridized carbons (Fsp3) is 0. The van der Waals surface area contributed by atoms with Gasteiger partial charge in [-0.15, -0.1) is 0 Å². The molecule has 0 aliphatic heterocycles. The summed E-state index contributed by atoms with van der Waals surface area (Å²) in [6.07, 6.45) is 1.64. The van der Waals surface area contributed by atoms with Gasteiger partial charge < -0.3 is 16.2 Å². The second-order valence-electron chi connectivity index (χ2n) is 4.53. The highest BCUT2D eigenvalue weighted by Gasteiger charge is 2.06. The van der Waals surface area contributed by atoms with Crippen molar-refractivity contribution in [2.24, 2.45) is 0 Å². The average Bonchev–Trinajstić information content (AvgIpc) is 2.48. The number of anilines is 3. The standard InChI is InChI=1S/C16H14N4O/c17-11-4-3-5-12(10-11)19-16-18-9-8-14(20-16)13-6-1-2-7-15(13)21/h1-10,21H,17H2,(H,18,19,20). The Morgan fingerprint density at radius 2 is 1.86 bits per heavy atom. The summed E-state index contributed by atoms with van der Waals surface area (Å²) in [7, 11) is 0. The number of phenols is 1. The maximum atomic E-state index is 9.88. The van der Waals surface area contributed by atoms with Crippen molar-refractivity contribution in [1.82, 2.24) is 9.97 Å². The Morgan fingerprint density at radius 1 is 1.00 bits per heavy atom. The molecule has 0 aliphatic carbocycles. The van der Waals surface area contributed by atoms with Gasteiger partial charge in [-0.25, -0.2) is 9.97 Å². The third kappa shape index (κ3) is 2.92. The van der Waals surface area contributed by atoms with E-state index >= 15 is 0 Å². The second kappa shape index (κ2) is 5.50. The molecule has 0 aliphatic rings. The highest BCUT2D eigenvalue weighted by molar-refractivity contribution is 5.68. The number of aromatic nitrogens is 2. The van der Waals surface area contributed by atoms with Crippen molar-refractivity contribution in [2.45, 2.75) is 0 Å². The maximum absolute atomic E-state index is 9.88. The van der Waals surface area contributed by atoms with Crippen LogP contribution in [-0.2, 0) is 0 Å². The van der Waals surface area contributed by atoms with E-state index in [9.17, 15) is 5.11 Å². The summed E-state index contributed by atoms with van der Waals surface area (Å²) in [6.45, 7) is 0. The minimum atomic E-state index is 0.186. The molecule has 0 amide bonds. The Balaban J connectivity index is 1.92. The van der Waals surface area contributed by atoms with Crippen LogP contribution in [0.1, 0.15) is 0 Å². The lowest BCUT2D eigenvalue weighted by molar-refractivity contribution is 0.477. The molecule has 5 nitrogen and oxygen atoms in total. The third-order valence-electron chi connectivity index (χ3n) is 2.98. The monoisotopic (exact) mass is 278 g/mol. The van der Waals surface area contributed by atoms with Crippen molar-refractivity contribution in [2.75, 3.05) is 11.1 Å². The molecule has 2 aromatic carbocycles. The third-order valence-corrected chi connectivity index (χ3v) is 2.98. The fourth-order valence-corrected chi connectivity index (χ4v) is 2.00. The molecule has 21 heavy (non-hydrogen) atoms. The molecule has 1 heterocycles. The Kier molecular flexibility index (Phi) is 3.39. The Bertz CT molecular complexity index is 773. The number of aromatic hydroxyl groups is 1. The van der Waals surface area contributed by atoms with Gasteiger partial charge >= 0.3 is 0 Å². The van der Waals surface area contributed by atoms with E-state index in [1.165, 1.54) is 0 Å². The molecule has 3 aromatic rings. The molecular formula is C16H14N4O. The van der Waals surface area contributed by atoms with Gasteiger partial charge in [-0.2, -0.15) is 0 Å². The molecule has 5 heteroatoms. The van der Waals surface area contributed by atoms with Gasteiger partial charge in [0.15, 0.2) is 0 Å². The van der Waals surface area contributed by atoms with E-state index in [0.29, 0.717) is 22.9 Å². The second-order valence-corrected chi connectivity index (χ2v) is 4.53. The summed E-state index contributed by atoms with van der Waals surface area (Å²) in [5, 5.41) is 13.0. The molecule has 0 atom stereocenters. The summed E-state index contributed by atoms with van der Waals surface area (Å²) in [5.74, 6) is 0.632. The van der Waals surface area contributed by atoms with Crippen molar-refractivity contribution < 1.29 is 5.11 Å². The lowest BCUT2D eigenvalue weighted by atomic mass is 10.1. The predicted molar refractivity (Wildman–Crippen MR) is 83.3 cm³/mol. The summed E-state index contributed by atoms with van der Waals surface area (Å²) in [4.78, 5) is 8.58. The molecule has 104 valence electrons. The molecule has 4 N–H and O–H groups in total. The molecule has 0 saturated heterocycles. The summed E-state index contributed by atoms with van der Waals surface area (Å²) >= 11 is 0. The van der Waals surface area contributed by atoms with Gasteiger partial charge in [0.2, 0.25) is 5.95 Å².